The lowest BCUT2D eigenvalue weighted by atomic mass is 10.1. The Labute approximate surface area is 107 Å². The van der Waals surface area contributed by atoms with E-state index in [0.717, 1.165) is 11.4 Å². The zero-order valence-electron chi connectivity index (χ0n) is 10.6. The minimum Gasteiger partial charge on any atom is -0.487 e. The minimum atomic E-state index is 0.429. The molecule has 0 aliphatic heterocycles. The van der Waals surface area contributed by atoms with Gasteiger partial charge in [-0.2, -0.15) is 0 Å². The summed E-state index contributed by atoms with van der Waals surface area (Å²) in [6.07, 6.45) is 0. The molecule has 0 saturated heterocycles. The zero-order valence-corrected chi connectivity index (χ0v) is 10.6. The van der Waals surface area contributed by atoms with E-state index in [-0.39, 0.29) is 0 Å². The van der Waals surface area contributed by atoms with Crippen LogP contribution in [0.4, 0.5) is 5.82 Å². The van der Waals surface area contributed by atoms with E-state index in [1.165, 1.54) is 11.1 Å². The number of hydrazine groups is 1. The fraction of sp³-hybridized carbons (Fsp3) is 0.214. The summed E-state index contributed by atoms with van der Waals surface area (Å²) in [6, 6.07) is 11.7. The Balaban J connectivity index is 2.06. The fourth-order valence-corrected chi connectivity index (χ4v) is 1.81. The van der Waals surface area contributed by atoms with Crippen molar-refractivity contribution < 1.29 is 4.74 Å². The number of aryl methyl sites for hydroxylation is 2. The van der Waals surface area contributed by atoms with Crippen molar-refractivity contribution in [3.8, 4) is 5.75 Å². The van der Waals surface area contributed by atoms with Gasteiger partial charge in [0.05, 0.1) is 5.69 Å². The van der Waals surface area contributed by atoms with E-state index in [9.17, 15) is 0 Å². The van der Waals surface area contributed by atoms with Gasteiger partial charge in [-0.25, -0.2) is 10.8 Å². The summed E-state index contributed by atoms with van der Waals surface area (Å²) in [7, 11) is 0. The minimum absolute atomic E-state index is 0.429. The van der Waals surface area contributed by atoms with Crippen LogP contribution in [0.3, 0.4) is 0 Å². The average Bonchev–Trinajstić information content (AvgIpc) is 2.35. The van der Waals surface area contributed by atoms with Gasteiger partial charge in [0.25, 0.3) is 0 Å². The predicted molar refractivity (Wildman–Crippen MR) is 72.3 cm³/mol. The second-order valence-corrected chi connectivity index (χ2v) is 4.27. The maximum Gasteiger partial charge on any atom is 0.140 e. The van der Waals surface area contributed by atoms with Crippen LogP contribution in [0, 0.1) is 13.8 Å². The molecule has 0 spiro atoms. The van der Waals surface area contributed by atoms with E-state index in [1.807, 2.05) is 24.3 Å². The average molecular weight is 243 g/mol. The number of ether oxygens (including phenoxy) is 1. The Hall–Kier alpha value is -2.07. The van der Waals surface area contributed by atoms with Crippen LogP contribution in [0.2, 0.25) is 0 Å². The molecule has 3 N–H and O–H groups in total. The summed E-state index contributed by atoms with van der Waals surface area (Å²) in [5.74, 6) is 6.81. The van der Waals surface area contributed by atoms with Gasteiger partial charge in [0, 0.05) is 0 Å². The van der Waals surface area contributed by atoms with E-state index >= 15 is 0 Å². The van der Waals surface area contributed by atoms with Crippen molar-refractivity contribution in [1.82, 2.24) is 4.98 Å². The lowest BCUT2D eigenvalue weighted by molar-refractivity contribution is 0.301. The molecule has 2 aromatic rings. The number of pyridine rings is 1. The fourth-order valence-electron chi connectivity index (χ4n) is 1.81. The lowest BCUT2D eigenvalue weighted by Gasteiger charge is -2.08. The Morgan fingerprint density at radius 3 is 2.56 bits per heavy atom. The standard InChI is InChI=1S/C14H17N3O/c1-10-6-11(2)8-13(7-10)18-9-12-4-3-5-14(16-12)17-15/h3-8H,9,15H2,1-2H3,(H,16,17). The van der Waals surface area contributed by atoms with Crippen molar-refractivity contribution in [2.45, 2.75) is 20.5 Å². The number of nitrogens with one attached hydrogen (secondary N) is 1. The van der Waals surface area contributed by atoms with Crippen molar-refractivity contribution in [2.24, 2.45) is 5.84 Å². The van der Waals surface area contributed by atoms with Crippen molar-refractivity contribution in [2.75, 3.05) is 5.43 Å². The molecule has 0 radical (unpaired) electrons. The molecule has 0 amide bonds. The van der Waals surface area contributed by atoms with Gasteiger partial charge >= 0.3 is 0 Å². The maximum absolute atomic E-state index is 5.72. The predicted octanol–water partition coefficient (Wildman–Crippen LogP) is 2.56. The monoisotopic (exact) mass is 243 g/mol. The Morgan fingerprint density at radius 1 is 1.17 bits per heavy atom. The summed E-state index contributed by atoms with van der Waals surface area (Å²) >= 11 is 0. The van der Waals surface area contributed by atoms with Crippen molar-refractivity contribution in [3.05, 3.63) is 53.2 Å². The van der Waals surface area contributed by atoms with E-state index < -0.39 is 0 Å². The van der Waals surface area contributed by atoms with Crippen LogP contribution in [0.25, 0.3) is 0 Å². The molecule has 0 bridgehead atoms. The molecule has 0 unspecified atom stereocenters. The highest BCUT2D eigenvalue weighted by molar-refractivity contribution is 5.35. The van der Waals surface area contributed by atoms with Gasteiger partial charge in [0.2, 0.25) is 0 Å². The number of hydrogen-bond acceptors (Lipinski definition) is 4. The molecule has 2 rings (SSSR count). The van der Waals surface area contributed by atoms with Gasteiger partial charge < -0.3 is 10.2 Å². The van der Waals surface area contributed by atoms with E-state index in [1.54, 1.807) is 6.07 Å². The van der Waals surface area contributed by atoms with Gasteiger partial charge in [-0.1, -0.05) is 12.1 Å². The molecule has 1 aromatic heterocycles. The first-order valence-corrected chi connectivity index (χ1v) is 5.81. The summed E-state index contributed by atoms with van der Waals surface area (Å²) in [4.78, 5) is 4.29. The second-order valence-electron chi connectivity index (χ2n) is 4.27. The number of rotatable bonds is 4. The molecule has 1 aromatic carbocycles. The number of anilines is 1. The third-order valence-corrected chi connectivity index (χ3v) is 2.54. The van der Waals surface area contributed by atoms with Gasteiger partial charge in [-0.05, 0) is 49.2 Å². The number of nitrogens with zero attached hydrogens (tertiary/aromatic N) is 1. The van der Waals surface area contributed by atoms with Crippen LogP contribution >= 0.6 is 0 Å². The number of aromatic nitrogens is 1. The van der Waals surface area contributed by atoms with Crippen LogP contribution in [-0.2, 0) is 6.61 Å². The highest BCUT2D eigenvalue weighted by atomic mass is 16.5. The van der Waals surface area contributed by atoms with Crippen molar-refractivity contribution in [3.63, 3.8) is 0 Å². The molecule has 0 aliphatic rings. The molecule has 4 nitrogen and oxygen atoms in total. The Morgan fingerprint density at radius 2 is 1.89 bits per heavy atom. The summed E-state index contributed by atoms with van der Waals surface area (Å²) in [5.41, 5.74) is 5.73. The molecule has 18 heavy (non-hydrogen) atoms. The van der Waals surface area contributed by atoms with E-state index in [4.69, 9.17) is 10.6 Å². The highest BCUT2D eigenvalue weighted by Gasteiger charge is 2.00. The molecule has 0 fully saturated rings. The molecular formula is C14H17N3O. The molecule has 4 heteroatoms. The summed E-state index contributed by atoms with van der Waals surface area (Å²) < 4.78 is 5.72. The molecule has 0 aliphatic carbocycles. The largest absolute Gasteiger partial charge is 0.487 e. The molecule has 0 atom stereocenters. The summed E-state index contributed by atoms with van der Waals surface area (Å²) in [6.45, 7) is 4.53. The first-order valence-electron chi connectivity index (χ1n) is 5.81. The van der Waals surface area contributed by atoms with Crippen LogP contribution < -0.4 is 16.0 Å². The first-order chi connectivity index (χ1) is 8.67. The smallest absolute Gasteiger partial charge is 0.140 e. The number of nitrogens with two attached hydrogens (primary N) is 1. The van der Waals surface area contributed by atoms with Gasteiger partial charge in [-0.15, -0.1) is 0 Å². The van der Waals surface area contributed by atoms with Crippen molar-refractivity contribution >= 4 is 5.82 Å². The first kappa shape index (κ1) is 12.4. The van der Waals surface area contributed by atoms with Crippen LogP contribution in [0.1, 0.15) is 16.8 Å². The summed E-state index contributed by atoms with van der Waals surface area (Å²) in [5, 5.41) is 0. The highest BCUT2D eigenvalue weighted by Crippen LogP contribution is 2.17. The third kappa shape index (κ3) is 3.21. The zero-order chi connectivity index (χ0) is 13.0. The van der Waals surface area contributed by atoms with Crippen LogP contribution in [0.5, 0.6) is 5.75 Å². The van der Waals surface area contributed by atoms with E-state index in [0.29, 0.717) is 12.4 Å². The van der Waals surface area contributed by atoms with Crippen LogP contribution in [-0.4, -0.2) is 4.98 Å². The topological polar surface area (TPSA) is 60.2 Å². The Bertz CT molecular complexity index is 520. The van der Waals surface area contributed by atoms with Crippen LogP contribution in [0.15, 0.2) is 36.4 Å². The molecule has 0 saturated carbocycles. The number of benzene rings is 1. The molecule has 1 heterocycles. The SMILES string of the molecule is Cc1cc(C)cc(OCc2cccc(NN)n2)c1. The lowest BCUT2D eigenvalue weighted by Crippen LogP contribution is -2.09. The Kier molecular flexibility index (Phi) is 3.79. The third-order valence-electron chi connectivity index (χ3n) is 2.54. The van der Waals surface area contributed by atoms with Gasteiger partial charge in [-0.3, -0.25) is 0 Å². The molecule has 94 valence electrons. The normalized spacial score (nSPS) is 10.2. The molecular weight excluding hydrogens is 226 g/mol. The van der Waals surface area contributed by atoms with Gasteiger partial charge in [0.15, 0.2) is 0 Å². The second kappa shape index (κ2) is 5.51. The number of hydrogen-bond donors (Lipinski definition) is 2. The number of nitrogen functional groups attached to an aromatic ring is 1. The quantitative estimate of drug-likeness (QED) is 0.640. The van der Waals surface area contributed by atoms with E-state index in [2.05, 4.69) is 30.3 Å². The van der Waals surface area contributed by atoms with Gasteiger partial charge in [0.1, 0.15) is 18.2 Å². The maximum atomic E-state index is 5.72. The van der Waals surface area contributed by atoms with Crippen molar-refractivity contribution in [1.29, 1.82) is 0 Å².